The van der Waals surface area contributed by atoms with E-state index in [1.165, 1.54) is 0 Å². The summed E-state index contributed by atoms with van der Waals surface area (Å²) in [4.78, 5) is 3.33. The SMILES string of the molecule is [N-]=[N+]=NC1C(O[C@@H]2C=CC(OCc3ccccc3)C(OCc3ccccc3)[C@@H]2OCc2ccccc2)OC(COCc2ccccc2)[C@@H](OCc2ccccc2)[C@H]1OCc1ccccc1. The molecule has 0 spiro atoms. The predicted molar refractivity (Wildman–Crippen MR) is 247 cm³/mol. The molecule has 1 aliphatic carbocycles. The van der Waals surface area contributed by atoms with Gasteiger partial charge in [-0.3, -0.25) is 0 Å². The highest BCUT2D eigenvalue weighted by Gasteiger charge is 2.50. The van der Waals surface area contributed by atoms with Gasteiger partial charge in [0.25, 0.3) is 0 Å². The fourth-order valence-electron chi connectivity index (χ4n) is 8.03. The second-order valence-electron chi connectivity index (χ2n) is 16.0. The first-order chi connectivity index (χ1) is 32.2. The lowest BCUT2D eigenvalue weighted by atomic mass is 9.93. The number of benzene rings is 6. The molecule has 0 radical (unpaired) electrons. The zero-order valence-corrected chi connectivity index (χ0v) is 36.2. The van der Waals surface area contributed by atoms with Crippen LogP contribution in [0.2, 0.25) is 0 Å². The van der Waals surface area contributed by atoms with E-state index < -0.39 is 55.1 Å². The average Bonchev–Trinajstić information content (AvgIpc) is 3.36. The molecule has 334 valence electrons. The van der Waals surface area contributed by atoms with Crippen molar-refractivity contribution in [3.05, 3.63) is 238 Å². The number of azide groups is 1. The number of hydrogen-bond donors (Lipinski definition) is 0. The third kappa shape index (κ3) is 13.3. The first-order valence-corrected chi connectivity index (χ1v) is 22.1. The molecule has 6 aromatic rings. The lowest BCUT2D eigenvalue weighted by Crippen LogP contribution is -2.62. The zero-order valence-electron chi connectivity index (χ0n) is 36.2. The number of ether oxygens (including phenoxy) is 8. The van der Waals surface area contributed by atoms with Crippen LogP contribution in [0.3, 0.4) is 0 Å². The topological polar surface area (TPSA) is 123 Å². The van der Waals surface area contributed by atoms with Crippen LogP contribution in [0.1, 0.15) is 33.4 Å². The van der Waals surface area contributed by atoms with Crippen molar-refractivity contribution in [3.8, 4) is 0 Å². The molecule has 1 heterocycles. The maximum absolute atomic E-state index is 10.2. The van der Waals surface area contributed by atoms with E-state index >= 15 is 0 Å². The summed E-state index contributed by atoms with van der Waals surface area (Å²) in [6.45, 7) is 1.90. The van der Waals surface area contributed by atoms with Crippen molar-refractivity contribution in [2.24, 2.45) is 5.11 Å². The largest absolute Gasteiger partial charge is 0.374 e. The molecule has 1 saturated heterocycles. The van der Waals surface area contributed by atoms with E-state index in [-0.39, 0.29) is 26.4 Å². The second-order valence-corrected chi connectivity index (χ2v) is 16.0. The molecule has 0 amide bonds. The molecule has 2 aliphatic rings. The van der Waals surface area contributed by atoms with Crippen LogP contribution < -0.4 is 0 Å². The summed E-state index contributed by atoms with van der Waals surface area (Å²) in [5.41, 5.74) is 16.1. The van der Waals surface area contributed by atoms with E-state index in [1.807, 2.05) is 194 Å². The Morgan fingerprint density at radius 2 is 0.769 bits per heavy atom. The average molecular weight is 874 g/mol. The third-order valence-corrected chi connectivity index (χ3v) is 11.4. The Hall–Kier alpha value is -5.95. The smallest absolute Gasteiger partial charge is 0.170 e. The van der Waals surface area contributed by atoms with E-state index in [2.05, 4.69) is 10.0 Å². The molecular formula is C54H55N3O8. The lowest BCUT2D eigenvalue weighted by molar-refractivity contribution is -0.304. The molecule has 0 N–H and O–H groups in total. The van der Waals surface area contributed by atoms with Crippen LogP contribution in [-0.4, -0.2) is 61.7 Å². The Morgan fingerprint density at radius 3 is 1.20 bits per heavy atom. The minimum Gasteiger partial charge on any atom is -0.374 e. The molecule has 9 atom stereocenters. The number of hydrogen-bond acceptors (Lipinski definition) is 9. The molecule has 11 heteroatoms. The van der Waals surface area contributed by atoms with Gasteiger partial charge in [-0.05, 0) is 38.9 Å². The summed E-state index contributed by atoms with van der Waals surface area (Å²) >= 11 is 0. The highest BCUT2D eigenvalue weighted by molar-refractivity contribution is 5.20. The van der Waals surface area contributed by atoms with Crippen LogP contribution in [0.25, 0.3) is 10.4 Å². The molecule has 8 rings (SSSR count). The van der Waals surface area contributed by atoms with Gasteiger partial charge in [0, 0.05) is 4.91 Å². The van der Waals surface area contributed by atoms with Crippen molar-refractivity contribution in [1.82, 2.24) is 0 Å². The minimum absolute atomic E-state index is 0.134. The zero-order chi connectivity index (χ0) is 44.3. The number of nitrogens with zero attached hydrogens (tertiary/aromatic N) is 3. The van der Waals surface area contributed by atoms with Gasteiger partial charge in [0.15, 0.2) is 6.29 Å². The van der Waals surface area contributed by atoms with Crippen molar-refractivity contribution in [2.45, 2.75) is 94.7 Å². The summed E-state index contributed by atoms with van der Waals surface area (Å²) < 4.78 is 54.1. The van der Waals surface area contributed by atoms with Crippen LogP contribution in [0.5, 0.6) is 0 Å². The second kappa shape index (κ2) is 24.4. The van der Waals surface area contributed by atoms with E-state index in [4.69, 9.17) is 37.9 Å². The first-order valence-electron chi connectivity index (χ1n) is 22.1. The summed E-state index contributed by atoms with van der Waals surface area (Å²) in [6, 6.07) is 58.7. The predicted octanol–water partition coefficient (Wildman–Crippen LogP) is 10.5. The molecule has 11 nitrogen and oxygen atoms in total. The Morgan fingerprint density at radius 1 is 0.415 bits per heavy atom. The van der Waals surface area contributed by atoms with Gasteiger partial charge in [-0.15, -0.1) is 0 Å². The van der Waals surface area contributed by atoms with Crippen molar-refractivity contribution >= 4 is 0 Å². The third-order valence-electron chi connectivity index (χ3n) is 11.4. The van der Waals surface area contributed by atoms with Crippen LogP contribution in [0.4, 0.5) is 0 Å². The Bertz CT molecular complexity index is 2340. The maximum atomic E-state index is 10.2. The van der Waals surface area contributed by atoms with Crippen molar-refractivity contribution in [3.63, 3.8) is 0 Å². The summed E-state index contributed by atoms with van der Waals surface area (Å²) in [7, 11) is 0. The van der Waals surface area contributed by atoms with Crippen LogP contribution in [-0.2, 0) is 77.5 Å². The van der Waals surface area contributed by atoms with E-state index in [0.29, 0.717) is 19.8 Å². The van der Waals surface area contributed by atoms with Gasteiger partial charge in [-0.1, -0.05) is 199 Å². The molecule has 0 bridgehead atoms. The van der Waals surface area contributed by atoms with Gasteiger partial charge in [0.2, 0.25) is 0 Å². The lowest BCUT2D eigenvalue weighted by Gasteiger charge is -2.47. The molecule has 0 aromatic heterocycles. The van der Waals surface area contributed by atoms with Crippen molar-refractivity contribution in [2.75, 3.05) is 6.61 Å². The van der Waals surface area contributed by atoms with E-state index in [1.54, 1.807) is 0 Å². The molecule has 6 aromatic carbocycles. The van der Waals surface area contributed by atoms with E-state index in [9.17, 15) is 5.53 Å². The van der Waals surface area contributed by atoms with Gasteiger partial charge in [-0.25, -0.2) is 0 Å². The molecule has 1 aliphatic heterocycles. The highest BCUT2D eigenvalue weighted by atomic mass is 16.7. The van der Waals surface area contributed by atoms with Gasteiger partial charge >= 0.3 is 0 Å². The van der Waals surface area contributed by atoms with Gasteiger partial charge < -0.3 is 37.9 Å². The Labute approximate surface area is 381 Å². The minimum atomic E-state index is -1.12. The fraction of sp³-hybridized carbons (Fsp3) is 0.296. The normalized spacial score (nSPS) is 24.0. The quantitative estimate of drug-likeness (QED) is 0.0286. The molecule has 1 fully saturated rings. The van der Waals surface area contributed by atoms with Gasteiger partial charge in [0.05, 0.1) is 46.2 Å². The highest BCUT2D eigenvalue weighted by Crippen LogP contribution is 2.35. The molecular weight excluding hydrogens is 819 g/mol. The van der Waals surface area contributed by atoms with E-state index in [0.717, 1.165) is 33.4 Å². The van der Waals surface area contributed by atoms with Crippen LogP contribution in [0, 0.1) is 0 Å². The molecule has 0 saturated carbocycles. The maximum Gasteiger partial charge on any atom is 0.170 e. The number of rotatable bonds is 22. The molecule has 65 heavy (non-hydrogen) atoms. The van der Waals surface area contributed by atoms with Gasteiger partial charge in [-0.2, -0.15) is 0 Å². The van der Waals surface area contributed by atoms with Gasteiger partial charge in [0.1, 0.15) is 48.8 Å². The van der Waals surface area contributed by atoms with Crippen molar-refractivity contribution < 1.29 is 37.9 Å². The monoisotopic (exact) mass is 873 g/mol. The first kappa shape index (κ1) is 45.6. The van der Waals surface area contributed by atoms with Crippen LogP contribution >= 0.6 is 0 Å². The Kier molecular flexibility index (Phi) is 17.1. The van der Waals surface area contributed by atoms with Crippen molar-refractivity contribution in [1.29, 1.82) is 0 Å². The summed E-state index contributed by atoms with van der Waals surface area (Å²) in [5.74, 6) is 0. The summed E-state index contributed by atoms with van der Waals surface area (Å²) in [5, 5.41) is 4.35. The molecule has 5 unspecified atom stereocenters. The summed E-state index contributed by atoms with van der Waals surface area (Å²) in [6.07, 6.45) is -2.06. The van der Waals surface area contributed by atoms with Crippen LogP contribution in [0.15, 0.2) is 199 Å². The standard InChI is InChI=1S/C54H55N3O8/c55-57-56-49-53(63-38-45-29-17-6-18-30-45)52(62-37-44-27-15-5-16-28-44)48(39-58-33-40-19-7-1-8-20-40)65-54(49)64-47-32-31-46(59-34-41-21-9-2-10-22-41)50(60-35-42-23-11-3-12-24-42)51(47)61-36-43-25-13-4-14-26-43/h1-32,46-54H,33-39H2/t46?,47-,48?,49?,50?,51-,52-,53+,54?/m1/s1. The fourth-order valence-corrected chi connectivity index (χ4v) is 8.03. The Balaban J connectivity index is 1.12.